The Labute approximate surface area is 131 Å². The van der Waals surface area contributed by atoms with E-state index in [9.17, 15) is 9.50 Å². The Morgan fingerprint density at radius 2 is 2.00 bits per heavy atom. The molecule has 0 saturated heterocycles. The minimum atomic E-state index is -0.663. The number of H-pyrrole nitrogens is 1. The Morgan fingerprint density at radius 1 is 1.18 bits per heavy atom. The summed E-state index contributed by atoms with van der Waals surface area (Å²) in [5, 5.41) is 20.6. The number of aromatic amines is 1. The fourth-order valence-electron chi connectivity index (χ4n) is 2.38. The molecule has 0 radical (unpaired) electrons. The monoisotopic (exact) mass is 317 g/mol. The summed E-state index contributed by atoms with van der Waals surface area (Å²) in [4.78, 5) is 3.95. The van der Waals surface area contributed by atoms with Crippen LogP contribution in [0.4, 0.5) is 4.39 Å². The molecule has 0 bridgehead atoms. The van der Waals surface area contributed by atoms with Crippen LogP contribution < -0.4 is 0 Å². The van der Waals surface area contributed by atoms with E-state index in [0.29, 0.717) is 24.2 Å². The molecule has 0 aliphatic carbocycles. The normalized spacial score (nSPS) is 12.5. The Morgan fingerprint density at radius 3 is 2.77 bits per heavy atom. The third-order valence-electron chi connectivity index (χ3n) is 3.61. The van der Waals surface area contributed by atoms with Crippen LogP contribution in [0, 0.1) is 5.82 Å². The third-order valence-corrected chi connectivity index (χ3v) is 4.45. The van der Waals surface area contributed by atoms with Gasteiger partial charge in [-0.05, 0) is 46.4 Å². The summed E-state index contributed by atoms with van der Waals surface area (Å²) < 4.78 is 13.8. The predicted molar refractivity (Wildman–Crippen MR) is 83.2 cm³/mol. The van der Waals surface area contributed by atoms with Gasteiger partial charge >= 0.3 is 0 Å². The lowest BCUT2D eigenvalue weighted by atomic mass is 10.00. The number of aliphatic hydroxyl groups is 1. The van der Waals surface area contributed by atoms with E-state index < -0.39 is 6.10 Å². The molecule has 0 fully saturated rings. The minimum absolute atomic E-state index is 0.179. The molecule has 114 valence electrons. The van der Waals surface area contributed by atoms with Crippen molar-refractivity contribution in [2.24, 2.45) is 0 Å². The number of rotatable bonds is 6. The van der Waals surface area contributed by atoms with Gasteiger partial charge in [0.15, 0.2) is 5.82 Å². The Balaban J connectivity index is 1.66. The van der Waals surface area contributed by atoms with Crippen LogP contribution in [0.5, 0.6) is 0 Å². The molecule has 2 N–H and O–H groups in total. The Bertz CT molecular complexity index is 727. The number of nitrogens with one attached hydrogen (secondary N) is 1. The molecule has 3 rings (SSSR count). The second-order valence-corrected chi connectivity index (χ2v) is 5.86. The molecule has 6 heteroatoms. The molecular formula is C16H16FN3OS. The number of halogens is 1. The summed E-state index contributed by atoms with van der Waals surface area (Å²) in [7, 11) is 0. The number of aryl methyl sites for hydroxylation is 1. The molecule has 2 aromatic heterocycles. The zero-order valence-electron chi connectivity index (χ0n) is 11.9. The van der Waals surface area contributed by atoms with Gasteiger partial charge in [-0.1, -0.05) is 18.2 Å². The average molecular weight is 317 g/mol. The summed E-state index contributed by atoms with van der Waals surface area (Å²) in [6.45, 7) is 0. The van der Waals surface area contributed by atoms with Gasteiger partial charge < -0.3 is 5.11 Å². The summed E-state index contributed by atoms with van der Waals surface area (Å²) in [6, 6.07) is 6.83. The van der Waals surface area contributed by atoms with Crippen LogP contribution in [0.15, 0.2) is 41.4 Å². The van der Waals surface area contributed by atoms with Crippen LogP contribution in [-0.4, -0.2) is 20.3 Å². The highest BCUT2D eigenvalue weighted by molar-refractivity contribution is 7.08. The first-order valence-corrected chi connectivity index (χ1v) is 7.99. The maximum absolute atomic E-state index is 13.8. The summed E-state index contributed by atoms with van der Waals surface area (Å²) in [5.74, 6) is 0.298. The molecule has 3 aromatic rings. The lowest BCUT2D eigenvalue weighted by molar-refractivity contribution is 0.158. The van der Waals surface area contributed by atoms with E-state index in [4.69, 9.17) is 0 Å². The fourth-order valence-corrected chi connectivity index (χ4v) is 3.28. The molecular weight excluding hydrogens is 301 g/mol. The van der Waals surface area contributed by atoms with E-state index >= 15 is 0 Å². The fraction of sp³-hybridized carbons (Fsp3) is 0.250. The minimum Gasteiger partial charge on any atom is -0.385 e. The molecule has 1 unspecified atom stereocenters. The van der Waals surface area contributed by atoms with Crippen molar-refractivity contribution in [1.29, 1.82) is 0 Å². The highest BCUT2D eigenvalue weighted by atomic mass is 32.1. The van der Waals surface area contributed by atoms with Gasteiger partial charge in [-0.15, -0.1) is 0 Å². The first-order chi connectivity index (χ1) is 10.7. The van der Waals surface area contributed by atoms with E-state index in [1.54, 1.807) is 23.5 Å². The Hall–Kier alpha value is -2.05. The second-order valence-electron chi connectivity index (χ2n) is 5.12. The molecule has 22 heavy (non-hydrogen) atoms. The highest BCUT2D eigenvalue weighted by Crippen LogP contribution is 2.24. The number of aliphatic hydroxyl groups excluding tert-OH is 1. The van der Waals surface area contributed by atoms with Gasteiger partial charge in [0.2, 0.25) is 0 Å². The summed E-state index contributed by atoms with van der Waals surface area (Å²) in [6.07, 6.45) is 2.56. The van der Waals surface area contributed by atoms with Crippen molar-refractivity contribution in [3.8, 4) is 0 Å². The van der Waals surface area contributed by atoms with Gasteiger partial charge in [-0.3, -0.25) is 5.10 Å². The standard InChI is InChI=1S/C16H16FN3OS/c17-14-4-2-1-3-11(14)7-13-9-22-8-12(13)5-6-15(21)16-18-10-19-20-16/h1-4,8-10,15,21H,5-7H2,(H,18,19,20). The van der Waals surface area contributed by atoms with Crippen molar-refractivity contribution < 1.29 is 9.50 Å². The number of hydrogen-bond donors (Lipinski definition) is 2. The maximum Gasteiger partial charge on any atom is 0.153 e. The first kappa shape index (κ1) is 14.9. The van der Waals surface area contributed by atoms with Gasteiger partial charge in [-0.2, -0.15) is 16.4 Å². The molecule has 1 aromatic carbocycles. The van der Waals surface area contributed by atoms with Gasteiger partial charge in [0.1, 0.15) is 18.2 Å². The van der Waals surface area contributed by atoms with Crippen molar-refractivity contribution >= 4 is 11.3 Å². The van der Waals surface area contributed by atoms with Crippen molar-refractivity contribution in [1.82, 2.24) is 15.2 Å². The largest absolute Gasteiger partial charge is 0.385 e. The first-order valence-electron chi connectivity index (χ1n) is 7.04. The van der Waals surface area contributed by atoms with Crippen molar-refractivity contribution in [3.63, 3.8) is 0 Å². The molecule has 0 amide bonds. The predicted octanol–water partition coefficient (Wildman–Crippen LogP) is 3.26. The Kier molecular flexibility index (Phi) is 4.60. The van der Waals surface area contributed by atoms with Crippen LogP contribution in [0.1, 0.15) is 35.0 Å². The zero-order valence-corrected chi connectivity index (χ0v) is 12.7. The molecule has 2 heterocycles. The summed E-state index contributed by atoms with van der Waals surface area (Å²) in [5.41, 5.74) is 2.95. The van der Waals surface area contributed by atoms with E-state index in [1.165, 1.54) is 12.4 Å². The number of nitrogens with zero attached hydrogens (tertiary/aromatic N) is 2. The van der Waals surface area contributed by atoms with Gasteiger partial charge in [-0.25, -0.2) is 9.37 Å². The highest BCUT2D eigenvalue weighted by Gasteiger charge is 2.13. The molecule has 0 saturated carbocycles. The lowest BCUT2D eigenvalue weighted by Crippen LogP contribution is -2.03. The molecule has 0 aliphatic heterocycles. The smallest absolute Gasteiger partial charge is 0.153 e. The SMILES string of the molecule is OC(CCc1cscc1Cc1ccccc1F)c1ncn[nH]1. The number of aromatic nitrogens is 3. The van der Waals surface area contributed by atoms with Crippen LogP contribution >= 0.6 is 11.3 Å². The second kappa shape index (κ2) is 6.81. The average Bonchev–Trinajstić information content (AvgIpc) is 3.19. The maximum atomic E-state index is 13.8. The van der Waals surface area contributed by atoms with E-state index in [2.05, 4.69) is 20.6 Å². The van der Waals surface area contributed by atoms with Crippen LogP contribution in [-0.2, 0) is 12.8 Å². The van der Waals surface area contributed by atoms with E-state index in [1.807, 2.05) is 11.4 Å². The molecule has 0 aliphatic rings. The van der Waals surface area contributed by atoms with Crippen molar-refractivity contribution in [3.05, 3.63) is 69.7 Å². The van der Waals surface area contributed by atoms with Gasteiger partial charge in [0.25, 0.3) is 0 Å². The lowest BCUT2D eigenvalue weighted by Gasteiger charge is -2.08. The van der Waals surface area contributed by atoms with Crippen LogP contribution in [0.2, 0.25) is 0 Å². The van der Waals surface area contributed by atoms with Gasteiger partial charge in [0.05, 0.1) is 0 Å². The van der Waals surface area contributed by atoms with E-state index in [-0.39, 0.29) is 5.82 Å². The zero-order chi connectivity index (χ0) is 15.4. The third kappa shape index (κ3) is 3.40. The van der Waals surface area contributed by atoms with Crippen LogP contribution in [0.3, 0.4) is 0 Å². The van der Waals surface area contributed by atoms with Crippen molar-refractivity contribution in [2.45, 2.75) is 25.4 Å². The quantitative estimate of drug-likeness (QED) is 0.733. The number of hydrogen-bond acceptors (Lipinski definition) is 4. The molecule has 0 spiro atoms. The number of benzene rings is 1. The van der Waals surface area contributed by atoms with Crippen molar-refractivity contribution in [2.75, 3.05) is 0 Å². The van der Waals surface area contributed by atoms with E-state index in [0.717, 1.165) is 17.5 Å². The summed E-state index contributed by atoms with van der Waals surface area (Å²) >= 11 is 1.60. The van der Waals surface area contributed by atoms with Gasteiger partial charge in [0, 0.05) is 6.42 Å². The topological polar surface area (TPSA) is 61.8 Å². The molecule has 4 nitrogen and oxygen atoms in total. The number of thiophene rings is 1. The molecule has 1 atom stereocenters. The van der Waals surface area contributed by atoms with Crippen LogP contribution in [0.25, 0.3) is 0 Å².